The Labute approximate surface area is 229 Å². The normalized spacial score (nSPS) is 29.1. The topological polar surface area (TPSA) is 198 Å². The lowest BCUT2D eigenvalue weighted by atomic mass is 9.61. The van der Waals surface area contributed by atoms with E-state index in [1.807, 2.05) is 0 Å². The second kappa shape index (κ2) is 16.4. The van der Waals surface area contributed by atoms with Gasteiger partial charge in [-0.1, -0.05) is 12.8 Å². The first-order chi connectivity index (χ1) is 18.6. The van der Waals surface area contributed by atoms with Crippen LogP contribution in [-0.2, 0) is 23.9 Å². The Balaban J connectivity index is 1.53. The van der Waals surface area contributed by atoms with Crippen molar-refractivity contribution in [3.05, 3.63) is 0 Å². The molecular weight excluding hydrogens is 514 g/mol. The van der Waals surface area contributed by atoms with Crippen LogP contribution in [0.15, 0.2) is 0 Å². The third-order valence-corrected chi connectivity index (χ3v) is 7.62. The summed E-state index contributed by atoms with van der Waals surface area (Å²) in [5.74, 6) is -1.56. The summed E-state index contributed by atoms with van der Waals surface area (Å²) in [6.45, 7) is 2.06. The molecule has 2 aliphatic rings. The van der Waals surface area contributed by atoms with Crippen molar-refractivity contribution >= 4 is 17.7 Å². The summed E-state index contributed by atoms with van der Waals surface area (Å²) >= 11 is 0. The molecule has 39 heavy (non-hydrogen) atoms. The molecular formula is C26H47N3O10. The van der Waals surface area contributed by atoms with Gasteiger partial charge in [0.2, 0.25) is 17.7 Å². The first-order valence-corrected chi connectivity index (χ1v) is 13.9. The third-order valence-electron chi connectivity index (χ3n) is 7.62. The molecule has 2 fully saturated rings. The van der Waals surface area contributed by atoms with Gasteiger partial charge in [-0.2, -0.15) is 0 Å². The molecule has 226 valence electrons. The summed E-state index contributed by atoms with van der Waals surface area (Å²) in [6, 6.07) is -0.0721. The summed E-state index contributed by atoms with van der Waals surface area (Å²) in [4.78, 5) is 37.8. The van der Waals surface area contributed by atoms with Gasteiger partial charge in [-0.25, -0.2) is 0 Å². The molecule has 1 heterocycles. The number of unbranched alkanes of at least 4 members (excludes halogenated alkanes) is 4. The summed E-state index contributed by atoms with van der Waals surface area (Å²) in [5.41, 5.74) is -1.68. The molecule has 0 aromatic heterocycles. The van der Waals surface area contributed by atoms with Gasteiger partial charge >= 0.3 is 0 Å². The van der Waals surface area contributed by atoms with E-state index in [2.05, 4.69) is 10.6 Å². The SMILES string of the molecule is COC[C@@H]1C[C@@H](O)CN1C(=O)CCCCCNC(=O)CCCCCO[C@H](O)[C@@]1(NC(C)=O)C(O)[C@@H](O)C1CO. The maximum atomic E-state index is 12.4. The zero-order valence-corrected chi connectivity index (χ0v) is 23.1. The molecule has 0 aromatic carbocycles. The van der Waals surface area contributed by atoms with Crippen molar-refractivity contribution in [1.82, 2.24) is 15.5 Å². The van der Waals surface area contributed by atoms with Crippen LogP contribution in [0, 0.1) is 5.92 Å². The predicted octanol–water partition coefficient (Wildman–Crippen LogP) is -1.61. The molecule has 0 radical (unpaired) electrons. The van der Waals surface area contributed by atoms with Crippen LogP contribution in [0.1, 0.15) is 64.7 Å². The van der Waals surface area contributed by atoms with Crippen LogP contribution in [0.25, 0.3) is 0 Å². The number of carbonyl (C=O) groups excluding carboxylic acids is 3. The van der Waals surface area contributed by atoms with Gasteiger partial charge in [-0.3, -0.25) is 14.4 Å². The zero-order valence-electron chi connectivity index (χ0n) is 23.1. The second-order valence-electron chi connectivity index (χ2n) is 10.6. The van der Waals surface area contributed by atoms with Crippen LogP contribution in [0.4, 0.5) is 0 Å². The van der Waals surface area contributed by atoms with Crippen molar-refractivity contribution in [3.8, 4) is 0 Å². The highest BCUT2D eigenvalue weighted by molar-refractivity contribution is 5.77. The molecule has 0 spiro atoms. The van der Waals surface area contributed by atoms with Crippen molar-refractivity contribution in [2.24, 2.45) is 5.92 Å². The van der Waals surface area contributed by atoms with Gasteiger partial charge in [-0.05, 0) is 32.1 Å². The van der Waals surface area contributed by atoms with E-state index in [4.69, 9.17) is 9.47 Å². The Bertz CT molecular complexity index is 787. The van der Waals surface area contributed by atoms with Gasteiger partial charge in [0.05, 0.1) is 31.5 Å². The van der Waals surface area contributed by atoms with Crippen molar-refractivity contribution in [1.29, 1.82) is 0 Å². The maximum Gasteiger partial charge on any atom is 0.222 e. The zero-order chi connectivity index (χ0) is 29.0. The molecule has 13 heteroatoms. The van der Waals surface area contributed by atoms with Gasteiger partial charge < -0.3 is 50.5 Å². The average molecular weight is 562 g/mol. The predicted molar refractivity (Wildman–Crippen MR) is 139 cm³/mol. The lowest BCUT2D eigenvalue weighted by molar-refractivity contribution is -0.281. The van der Waals surface area contributed by atoms with E-state index >= 15 is 0 Å². The van der Waals surface area contributed by atoms with E-state index in [-0.39, 0.29) is 24.5 Å². The number of amides is 3. The number of ether oxygens (including phenoxy) is 2. The van der Waals surface area contributed by atoms with Crippen LogP contribution in [0.2, 0.25) is 0 Å². The summed E-state index contributed by atoms with van der Waals surface area (Å²) in [7, 11) is 1.58. The third kappa shape index (κ3) is 9.07. The molecule has 7 N–H and O–H groups in total. The highest BCUT2D eigenvalue weighted by atomic mass is 16.6. The first kappa shape index (κ1) is 33.3. The van der Waals surface area contributed by atoms with Crippen LogP contribution in [0.3, 0.4) is 0 Å². The van der Waals surface area contributed by atoms with E-state index < -0.39 is 48.6 Å². The fraction of sp³-hybridized carbons (Fsp3) is 0.885. The first-order valence-electron chi connectivity index (χ1n) is 13.9. The van der Waals surface area contributed by atoms with Gasteiger partial charge in [-0.15, -0.1) is 0 Å². The number of nitrogens with zero attached hydrogens (tertiary/aromatic N) is 1. The standard InChI is InChI=1S/C26H47N3O10/c1-17(31)28-26(20(15-30)23(35)24(26)36)25(37)39-12-8-4-5-9-21(33)27-11-7-3-6-10-22(34)29-14-19(32)13-18(29)16-38-2/h18-20,23-25,30,32,35-37H,3-16H2,1-2H3,(H,27,33)(H,28,31)/t18-,19+,20?,23-,24?,25-,26-/m0/s1. The molecule has 3 amide bonds. The molecule has 7 atom stereocenters. The Morgan fingerprint density at radius 3 is 2.41 bits per heavy atom. The van der Waals surface area contributed by atoms with Gasteiger partial charge in [0.25, 0.3) is 0 Å². The molecule has 1 aliphatic carbocycles. The van der Waals surface area contributed by atoms with Crippen LogP contribution >= 0.6 is 0 Å². The number of aliphatic hydroxyl groups excluding tert-OH is 5. The summed E-state index contributed by atoms with van der Waals surface area (Å²) < 4.78 is 10.5. The number of hydrogen-bond acceptors (Lipinski definition) is 10. The van der Waals surface area contributed by atoms with Gasteiger partial charge in [0, 0.05) is 52.5 Å². The molecule has 2 rings (SSSR count). The number of likely N-dealkylation sites (tertiary alicyclic amines) is 1. The Hall–Kier alpha value is -1.87. The van der Waals surface area contributed by atoms with E-state index in [9.17, 15) is 39.9 Å². The second-order valence-corrected chi connectivity index (χ2v) is 10.6. The number of hydrogen-bond donors (Lipinski definition) is 7. The Kier molecular flexibility index (Phi) is 14.0. The molecule has 1 saturated carbocycles. The fourth-order valence-electron chi connectivity index (χ4n) is 5.49. The van der Waals surface area contributed by atoms with Gasteiger partial charge in [0.1, 0.15) is 11.6 Å². The molecule has 0 bridgehead atoms. The van der Waals surface area contributed by atoms with Crippen molar-refractivity contribution in [2.45, 2.75) is 101 Å². The van der Waals surface area contributed by atoms with Crippen molar-refractivity contribution < 1.29 is 49.4 Å². The quantitative estimate of drug-likeness (QED) is 0.0754. The Morgan fingerprint density at radius 2 is 1.74 bits per heavy atom. The van der Waals surface area contributed by atoms with Crippen molar-refractivity contribution in [3.63, 3.8) is 0 Å². The van der Waals surface area contributed by atoms with Crippen LogP contribution < -0.4 is 10.6 Å². The summed E-state index contributed by atoms with van der Waals surface area (Å²) in [6.07, 6.45) is 0.467. The van der Waals surface area contributed by atoms with Crippen LogP contribution in [-0.4, -0.2) is 124 Å². The Morgan fingerprint density at radius 1 is 1.05 bits per heavy atom. The molecule has 0 aromatic rings. The lowest BCUT2D eigenvalue weighted by Gasteiger charge is -2.57. The van der Waals surface area contributed by atoms with Gasteiger partial charge in [0.15, 0.2) is 6.29 Å². The number of aliphatic hydroxyl groups is 5. The van der Waals surface area contributed by atoms with E-state index in [0.717, 1.165) is 12.8 Å². The molecule has 13 nitrogen and oxygen atoms in total. The monoisotopic (exact) mass is 561 g/mol. The minimum atomic E-state index is -1.68. The fourth-order valence-corrected chi connectivity index (χ4v) is 5.49. The number of β-amino-alcohol motifs (C(OH)–C–C–N with tert-alkyl or cyclic N) is 1. The smallest absolute Gasteiger partial charge is 0.222 e. The highest BCUT2D eigenvalue weighted by Crippen LogP contribution is 2.42. The highest BCUT2D eigenvalue weighted by Gasteiger charge is 2.66. The molecule has 1 aliphatic heterocycles. The van der Waals surface area contributed by atoms with Crippen molar-refractivity contribution in [2.75, 3.05) is 40.0 Å². The minimum absolute atomic E-state index is 0.0223. The summed E-state index contributed by atoms with van der Waals surface area (Å²) in [5, 5.41) is 55.2. The average Bonchev–Trinajstić information content (AvgIpc) is 3.27. The number of rotatable bonds is 18. The van der Waals surface area contributed by atoms with E-state index in [1.165, 1.54) is 6.92 Å². The van der Waals surface area contributed by atoms with E-state index in [0.29, 0.717) is 64.6 Å². The number of nitrogens with one attached hydrogen (secondary N) is 2. The molecule has 1 saturated heterocycles. The number of methoxy groups -OCH3 is 1. The number of carbonyl (C=O) groups is 3. The largest absolute Gasteiger partial charge is 0.396 e. The van der Waals surface area contributed by atoms with Crippen LogP contribution in [0.5, 0.6) is 0 Å². The lowest BCUT2D eigenvalue weighted by Crippen LogP contribution is -2.82. The maximum absolute atomic E-state index is 12.4. The minimum Gasteiger partial charge on any atom is -0.396 e. The van der Waals surface area contributed by atoms with E-state index in [1.54, 1.807) is 12.0 Å². The molecule has 2 unspecified atom stereocenters.